The third-order valence-corrected chi connectivity index (χ3v) is 7.77. The zero-order valence-electron chi connectivity index (χ0n) is 23.8. The predicted octanol–water partition coefficient (Wildman–Crippen LogP) is 2.87. The molecule has 0 radical (unpaired) electrons. The van der Waals surface area contributed by atoms with E-state index < -0.39 is 0 Å². The van der Waals surface area contributed by atoms with Crippen molar-refractivity contribution in [3.8, 4) is 23.1 Å². The molecule has 10 heteroatoms. The van der Waals surface area contributed by atoms with Gasteiger partial charge in [0.1, 0.15) is 18.2 Å². The first kappa shape index (κ1) is 27.9. The summed E-state index contributed by atoms with van der Waals surface area (Å²) >= 11 is 0. The topological polar surface area (TPSA) is 108 Å². The molecule has 0 bridgehead atoms. The predicted molar refractivity (Wildman–Crippen MR) is 160 cm³/mol. The summed E-state index contributed by atoms with van der Waals surface area (Å²) in [6.07, 6.45) is 3.96. The van der Waals surface area contributed by atoms with Gasteiger partial charge >= 0.3 is 0 Å². The molecular weight excluding hydrogens is 536 g/mol. The molecule has 0 spiro atoms. The van der Waals surface area contributed by atoms with Crippen molar-refractivity contribution in [1.82, 2.24) is 14.5 Å². The monoisotopic (exact) mass is 570 g/mol. The lowest BCUT2D eigenvalue weighted by Gasteiger charge is -2.26. The van der Waals surface area contributed by atoms with Gasteiger partial charge in [-0.15, -0.1) is 0 Å². The summed E-state index contributed by atoms with van der Waals surface area (Å²) < 4.78 is 24.3. The summed E-state index contributed by atoms with van der Waals surface area (Å²) in [4.78, 5) is 25.4. The number of methoxy groups -OCH3 is 2. The van der Waals surface area contributed by atoms with Gasteiger partial charge in [-0.2, -0.15) is 0 Å². The third-order valence-electron chi connectivity index (χ3n) is 7.77. The Labute approximate surface area is 243 Å². The molecule has 1 fully saturated rings. The number of nitrogens with zero attached hydrogens (tertiary/aromatic N) is 4. The molecule has 6 rings (SSSR count). The highest BCUT2D eigenvalue weighted by Gasteiger charge is 2.25. The van der Waals surface area contributed by atoms with Crippen LogP contribution in [0, 0.1) is 0 Å². The van der Waals surface area contributed by atoms with Crippen LogP contribution in [0.2, 0.25) is 0 Å². The van der Waals surface area contributed by atoms with Crippen LogP contribution < -0.4 is 19.8 Å². The number of aliphatic hydroxyl groups excluding tert-OH is 1. The maximum absolute atomic E-state index is 13.7. The average Bonchev–Trinajstić information content (AvgIpc) is 3.05. The Hall–Kier alpha value is -4.25. The quantitative estimate of drug-likeness (QED) is 0.328. The molecule has 10 nitrogen and oxygen atoms in total. The zero-order chi connectivity index (χ0) is 29.1. The van der Waals surface area contributed by atoms with Crippen LogP contribution in [0.25, 0.3) is 16.6 Å². The van der Waals surface area contributed by atoms with Crippen molar-refractivity contribution in [1.29, 1.82) is 0 Å². The number of fused-ring (bicyclic) bond motifs is 2. The van der Waals surface area contributed by atoms with Crippen molar-refractivity contribution in [3.05, 3.63) is 88.0 Å². The lowest BCUT2D eigenvalue weighted by Crippen LogP contribution is -2.38. The number of aromatic nitrogens is 2. The number of hydrogen-bond acceptors (Lipinski definition) is 9. The van der Waals surface area contributed by atoms with Crippen LogP contribution in [0.1, 0.15) is 16.7 Å². The van der Waals surface area contributed by atoms with E-state index in [1.54, 1.807) is 32.7 Å². The lowest BCUT2D eigenvalue weighted by molar-refractivity contribution is 0.0323. The second-order valence-electron chi connectivity index (χ2n) is 10.3. The van der Waals surface area contributed by atoms with Crippen LogP contribution in [-0.4, -0.2) is 91.6 Å². The van der Waals surface area contributed by atoms with E-state index in [9.17, 15) is 9.90 Å². The molecule has 2 aliphatic rings. The highest BCUT2D eigenvalue weighted by Crippen LogP contribution is 2.35. The van der Waals surface area contributed by atoms with Gasteiger partial charge in [-0.05, 0) is 42.3 Å². The van der Waals surface area contributed by atoms with Gasteiger partial charge in [0.15, 0.2) is 11.5 Å². The largest absolute Gasteiger partial charge is 0.493 e. The van der Waals surface area contributed by atoms with Gasteiger partial charge in [0.2, 0.25) is 0 Å². The van der Waals surface area contributed by atoms with Gasteiger partial charge in [0.25, 0.3) is 5.56 Å². The summed E-state index contributed by atoms with van der Waals surface area (Å²) in [5, 5.41) is 11.3. The highest BCUT2D eigenvalue weighted by atomic mass is 16.5. The Balaban J connectivity index is 1.39. The summed E-state index contributed by atoms with van der Waals surface area (Å²) in [7, 11) is 3.19. The van der Waals surface area contributed by atoms with E-state index in [2.05, 4.69) is 9.88 Å². The fraction of sp³-hybridized carbons (Fsp3) is 0.344. The zero-order valence-corrected chi connectivity index (χ0v) is 23.8. The Morgan fingerprint density at radius 1 is 1.00 bits per heavy atom. The first-order chi connectivity index (χ1) is 20.6. The molecule has 42 heavy (non-hydrogen) atoms. The molecule has 1 atom stereocenters. The molecule has 2 aromatic carbocycles. The van der Waals surface area contributed by atoms with Crippen molar-refractivity contribution in [2.24, 2.45) is 4.99 Å². The van der Waals surface area contributed by atoms with E-state index in [0.29, 0.717) is 47.2 Å². The minimum Gasteiger partial charge on any atom is -0.493 e. The standard InChI is InChI=1S/C32H34N4O6/c1-39-27-16-22-15-23(20-37)34-31(26(22)18-28(27)40-2)21-7-8-33-30(17-21)36-19-29(24-5-3-4-6-25(24)32(36)38)42-14-11-35-9-12-41-13-10-35/h3-8,16-19,23,37H,9-15,20H2,1-2H3/t23-/m0/s1. The van der Waals surface area contributed by atoms with Gasteiger partial charge in [-0.1, -0.05) is 18.2 Å². The van der Waals surface area contributed by atoms with E-state index in [0.717, 1.165) is 54.9 Å². The Morgan fingerprint density at radius 3 is 2.52 bits per heavy atom. The second kappa shape index (κ2) is 12.3. The molecule has 4 heterocycles. The fourth-order valence-corrected chi connectivity index (χ4v) is 5.55. The highest BCUT2D eigenvalue weighted by molar-refractivity contribution is 6.15. The van der Waals surface area contributed by atoms with Crippen LogP contribution >= 0.6 is 0 Å². The molecule has 218 valence electrons. The van der Waals surface area contributed by atoms with Crippen LogP contribution in [0.5, 0.6) is 17.2 Å². The van der Waals surface area contributed by atoms with Crippen molar-refractivity contribution in [2.45, 2.75) is 12.5 Å². The summed E-state index contributed by atoms with van der Waals surface area (Å²) in [6.45, 7) is 4.37. The average molecular weight is 571 g/mol. The Bertz CT molecular complexity index is 1680. The molecule has 0 aliphatic carbocycles. The van der Waals surface area contributed by atoms with E-state index in [1.807, 2.05) is 42.5 Å². The van der Waals surface area contributed by atoms with Gasteiger partial charge < -0.3 is 24.1 Å². The van der Waals surface area contributed by atoms with Crippen molar-refractivity contribution in [3.63, 3.8) is 0 Å². The van der Waals surface area contributed by atoms with E-state index in [1.165, 1.54) is 4.57 Å². The maximum atomic E-state index is 13.7. The third kappa shape index (κ3) is 5.48. The van der Waals surface area contributed by atoms with Crippen molar-refractivity contribution in [2.75, 3.05) is 60.3 Å². The molecule has 2 aliphatic heterocycles. The summed E-state index contributed by atoms with van der Waals surface area (Å²) in [6, 6.07) is 14.7. The first-order valence-electron chi connectivity index (χ1n) is 14.1. The normalized spacial score (nSPS) is 17.0. The number of pyridine rings is 2. The molecule has 0 saturated carbocycles. The van der Waals surface area contributed by atoms with Gasteiger partial charge in [-0.3, -0.25) is 19.3 Å². The SMILES string of the molecule is COc1cc2c(cc1OC)C(c1ccnc(-n3cc(OCCN4CCOCC4)c4ccccc4c3=O)c1)=N[C@H](CO)C2. The molecule has 0 amide bonds. The number of hydrogen-bond donors (Lipinski definition) is 1. The fourth-order valence-electron chi connectivity index (χ4n) is 5.55. The van der Waals surface area contributed by atoms with Crippen LogP contribution in [-0.2, 0) is 11.2 Å². The van der Waals surface area contributed by atoms with Crippen molar-refractivity contribution >= 4 is 16.5 Å². The maximum Gasteiger partial charge on any atom is 0.264 e. The van der Waals surface area contributed by atoms with E-state index >= 15 is 0 Å². The Kier molecular flexibility index (Phi) is 8.18. The first-order valence-corrected chi connectivity index (χ1v) is 14.1. The Morgan fingerprint density at radius 2 is 1.76 bits per heavy atom. The van der Waals surface area contributed by atoms with Crippen LogP contribution in [0.3, 0.4) is 0 Å². The summed E-state index contributed by atoms with van der Waals surface area (Å²) in [5.41, 5.74) is 3.14. The van der Waals surface area contributed by atoms with E-state index in [4.69, 9.17) is 23.9 Å². The van der Waals surface area contributed by atoms with Crippen LogP contribution in [0.4, 0.5) is 0 Å². The number of rotatable bonds is 9. The molecule has 1 N–H and O–H groups in total. The molecule has 2 aromatic heterocycles. The van der Waals surface area contributed by atoms with Crippen LogP contribution in [0.15, 0.2) is 70.7 Å². The molecule has 4 aromatic rings. The smallest absolute Gasteiger partial charge is 0.264 e. The lowest BCUT2D eigenvalue weighted by atomic mass is 9.90. The number of morpholine rings is 1. The second-order valence-corrected chi connectivity index (χ2v) is 10.3. The van der Waals surface area contributed by atoms with Gasteiger partial charge in [0, 0.05) is 42.3 Å². The summed E-state index contributed by atoms with van der Waals surface area (Å²) in [5.74, 6) is 2.26. The molecular formula is C32H34N4O6. The number of benzene rings is 2. The molecule has 0 unspecified atom stereocenters. The van der Waals surface area contributed by atoms with Crippen molar-refractivity contribution < 1.29 is 24.1 Å². The molecule has 1 saturated heterocycles. The van der Waals surface area contributed by atoms with Gasteiger partial charge in [0.05, 0.1) is 57.4 Å². The number of ether oxygens (including phenoxy) is 4. The minimum atomic E-state index is -0.308. The minimum absolute atomic E-state index is 0.0927. The van der Waals surface area contributed by atoms with Gasteiger partial charge in [-0.25, -0.2) is 4.98 Å². The number of aliphatic hydroxyl groups is 1. The van der Waals surface area contributed by atoms with E-state index in [-0.39, 0.29) is 18.2 Å². The number of aliphatic imine (C=N–C) groups is 1.